The van der Waals surface area contributed by atoms with Gasteiger partial charge in [-0.15, -0.1) is 0 Å². The number of hydrogen-bond acceptors (Lipinski definition) is 3. The van der Waals surface area contributed by atoms with Gasteiger partial charge in [0.05, 0.1) is 12.7 Å². The summed E-state index contributed by atoms with van der Waals surface area (Å²) >= 11 is 0. The summed E-state index contributed by atoms with van der Waals surface area (Å²) in [6, 6.07) is 12.1. The lowest BCUT2D eigenvalue weighted by Gasteiger charge is -2.05. The van der Waals surface area contributed by atoms with Gasteiger partial charge >= 0.3 is 5.97 Å². The molecule has 0 radical (unpaired) electrons. The van der Waals surface area contributed by atoms with Crippen molar-refractivity contribution in [3.63, 3.8) is 0 Å². The molecule has 2 aromatic carbocycles. The Balaban J connectivity index is 2.45. The summed E-state index contributed by atoms with van der Waals surface area (Å²) in [5, 5.41) is 9.39. The van der Waals surface area contributed by atoms with Gasteiger partial charge in [-0.2, -0.15) is 0 Å². The number of methoxy groups -OCH3 is 1. The molecule has 0 saturated carbocycles. The average molecular weight is 266 g/mol. The lowest BCUT2D eigenvalue weighted by atomic mass is 10.0. The van der Waals surface area contributed by atoms with Gasteiger partial charge in [0.25, 0.3) is 0 Å². The maximum atomic E-state index is 11.8. The van der Waals surface area contributed by atoms with Crippen LogP contribution in [0, 0.1) is 18.8 Å². The number of esters is 1. The smallest absolute Gasteiger partial charge is 0.339 e. The van der Waals surface area contributed by atoms with Crippen LogP contribution in [-0.2, 0) is 4.74 Å². The topological polar surface area (TPSA) is 46.5 Å². The molecule has 0 saturated heterocycles. The molecule has 0 heterocycles. The van der Waals surface area contributed by atoms with Crippen LogP contribution < -0.4 is 0 Å². The third-order valence-corrected chi connectivity index (χ3v) is 2.85. The molecular formula is C17H14O3. The van der Waals surface area contributed by atoms with E-state index in [-0.39, 0.29) is 5.75 Å². The minimum atomic E-state index is -0.400. The third-order valence-electron chi connectivity index (χ3n) is 2.85. The molecule has 0 spiro atoms. The molecule has 0 unspecified atom stereocenters. The van der Waals surface area contributed by atoms with Crippen molar-refractivity contribution in [2.45, 2.75) is 6.92 Å². The molecule has 0 fully saturated rings. The summed E-state index contributed by atoms with van der Waals surface area (Å²) in [5.41, 5.74) is 2.59. The molecule has 2 aromatic rings. The Morgan fingerprint density at radius 2 is 1.90 bits per heavy atom. The molecule has 3 heteroatoms. The highest BCUT2D eigenvalue weighted by Gasteiger charge is 2.12. The van der Waals surface area contributed by atoms with E-state index in [1.807, 2.05) is 19.1 Å². The predicted octanol–water partition coefficient (Wildman–Crippen LogP) is 2.89. The molecule has 0 atom stereocenters. The first-order valence-corrected chi connectivity index (χ1v) is 6.11. The summed E-state index contributed by atoms with van der Waals surface area (Å²) in [5.74, 6) is 5.64. The molecule has 0 aromatic heterocycles. The van der Waals surface area contributed by atoms with Gasteiger partial charge in [-0.1, -0.05) is 30.0 Å². The Labute approximate surface area is 117 Å². The standard InChI is InChI=1S/C17H14O3/c1-12-5-3-7-14(16(12)17(19)20-2)10-9-13-6-4-8-15(18)11-13/h3-8,11,18H,1-2H3. The van der Waals surface area contributed by atoms with Crippen LogP contribution in [0.2, 0.25) is 0 Å². The second kappa shape index (κ2) is 5.94. The van der Waals surface area contributed by atoms with E-state index >= 15 is 0 Å². The summed E-state index contributed by atoms with van der Waals surface area (Å²) in [4.78, 5) is 11.8. The van der Waals surface area contributed by atoms with Crippen LogP contribution in [0.15, 0.2) is 42.5 Å². The molecule has 20 heavy (non-hydrogen) atoms. The molecule has 0 aliphatic heterocycles. The molecule has 100 valence electrons. The van der Waals surface area contributed by atoms with Crippen molar-refractivity contribution in [1.82, 2.24) is 0 Å². The summed E-state index contributed by atoms with van der Waals surface area (Å²) < 4.78 is 4.78. The quantitative estimate of drug-likeness (QED) is 0.637. The van der Waals surface area contributed by atoms with Gasteiger partial charge in [0.15, 0.2) is 0 Å². The fraction of sp³-hybridized carbons (Fsp3) is 0.118. The van der Waals surface area contributed by atoms with Crippen molar-refractivity contribution >= 4 is 5.97 Å². The first-order valence-electron chi connectivity index (χ1n) is 6.11. The van der Waals surface area contributed by atoms with E-state index in [1.165, 1.54) is 7.11 Å². The predicted molar refractivity (Wildman–Crippen MR) is 76.6 cm³/mol. The number of carbonyl (C=O) groups is 1. The Morgan fingerprint density at radius 3 is 2.60 bits per heavy atom. The largest absolute Gasteiger partial charge is 0.508 e. The minimum absolute atomic E-state index is 0.161. The monoisotopic (exact) mass is 266 g/mol. The molecule has 2 rings (SSSR count). The van der Waals surface area contributed by atoms with Gasteiger partial charge < -0.3 is 9.84 Å². The summed E-state index contributed by atoms with van der Waals surface area (Å²) in [6.45, 7) is 1.84. The number of phenolic OH excluding ortho intramolecular Hbond substituents is 1. The van der Waals surface area contributed by atoms with Crippen LogP contribution in [-0.4, -0.2) is 18.2 Å². The first kappa shape index (κ1) is 13.7. The summed E-state index contributed by atoms with van der Waals surface area (Å²) in [6.07, 6.45) is 0. The van der Waals surface area contributed by atoms with Crippen molar-refractivity contribution in [1.29, 1.82) is 0 Å². The van der Waals surface area contributed by atoms with Crippen LogP contribution >= 0.6 is 0 Å². The highest BCUT2D eigenvalue weighted by atomic mass is 16.5. The first-order chi connectivity index (χ1) is 9.61. The van der Waals surface area contributed by atoms with E-state index < -0.39 is 5.97 Å². The Morgan fingerprint density at radius 1 is 1.15 bits per heavy atom. The highest BCUT2D eigenvalue weighted by molar-refractivity contribution is 5.93. The van der Waals surface area contributed by atoms with Crippen molar-refractivity contribution in [3.8, 4) is 17.6 Å². The summed E-state index contributed by atoms with van der Waals surface area (Å²) in [7, 11) is 1.35. The zero-order chi connectivity index (χ0) is 14.5. The molecule has 0 aliphatic rings. The van der Waals surface area contributed by atoms with Crippen molar-refractivity contribution in [2.24, 2.45) is 0 Å². The average Bonchev–Trinajstić information content (AvgIpc) is 2.44. The molecular weight excluding hydrogens is 252 g/mol. The van der Waals surface area contributed by atoms with Crippen molar-refractivity contribution < 1.29 is 14.6 Å². The lowest BCUT2D eigenvalue weighted by molar-refractivity contribution is 0.0599. The number of aryl methyl sites for hydroxylation is 1. The van der Waals surface area contributed by atoms with E-state index in [4.69, 9.17) is 4.74 Å². The third kappa shape index (κ3) is 2.99. The number of phenols is 1. The number of aromatic hydroxyl groups is 1. The molecule has 0 amide bonds. The van der Waals surface area contributed by atoms with Gasteiger partial charge in [0, 0.05) is 11.1 Å². The van der Waals surface area contributed by atoms with Gasteiger partial charge in [0.2, 0.25) is 0 Å². The van der Waals surface area contributed by atoms with E-state index in [9.17, 15) is 9.90 Å². The Hall–Kier alpha value is -2.73. The maximum absolute atomic E-state index is 11.8. The Kier molecular flexibility index (Phi) is 4.07. The number of hydrogen-bond donors (Lipinski definition) is 1. The number of rotatable bonds is 1. The molecule has 3 nitrogen and oxygen atoms in total. The zero-order valence-corrected chi connectivity index (χ0v) is 11.3. The minimum Gasteiger partial charge on any atom is -0.508 e. The van der Waals surface area contributed by atoms with Crippen molar-refractivity contribution in [2.75, 3.05) is 7.11 Å². The fourth-order valence-electron chi connectivity index (χ4n) is 1.87. The van der Waals surface area contributed by atoms with E-state index in [1.54, 1.807) is 30.3 Å². The van der Waals surface area contributed by atoms with Crippen LogP contribution in [0.25, 0.3) is 0 Å². The number of benzene rings is 2. The molecule has 0 aliphatic carbocycles. The highest BCUT2D eigenvalue weighted by Crippen LogP contribution is 2.15. The van der Waals surface area contributed by atoms with Gasteiger partial charge in [-0.3, -0.25) is 0 Å². The van der Waals surface area contributed by atoms with Gasteiger partial charge in [0.1, 0.15) is 5.75 Å². The van der Waals surface area contributed by atoms with Crippen molar-refractivity contribution in [3.05, 3.63) is 64.7 Å². The maximum Gasteiger partial charge on any atom is 0.339 e. The Bertz CT molecular complexity index is 706. The SMILES string of the molecule is COC(=O)c1c(C)cccc1C#Cc1cccc(O)c1. The zero-order valence-electron chi connectivity index (χ0n) is 11.3. The van der Waals surface area contributed by atoms with E-state index in [0.717, 1.165) is 5.56 Å². The van der Waals surface area contributed by atoms with Crippen LogP contribution in [0.5, 0.6) is 5.75 Å². The van der Waals surface area contributed by atoms with Crippen LogP contribution in [0.3, 0.4) is 0 Å². The molecule has 1 N–H and O–H groups in total. The van der Waals surface area contributed by atoms with E-state index in [2.05, 4.69) is 11.8 Å². The van der Waals surface area contributed by atoms with Crippen LogP contribution in [0.1, 0.15) is 27.0 Å². The lowest BCUT2D eigenvalue weighted by Crippen LogP contribution is -2.06. The second-order valence-corrected chi connectivity index (χ2v) is 4.29. The van der Waals surface area contributed by atoms with Gasteiger partial charge in [-0.25, -0.2) is 4.79 Å². The molecule has 0 bridgehead atoms. The van der Waals surface area contributed by atoms with E-state index in [0.29, 0.717) is 16.7 Å². The number of ether oxygens (including phenoxy) is 1. The second-order valence-electron chi connectivity index (χ2n) is 4.29. The van der Waals surface area contributed by atoms with Gasteiger partial charge in [-0.05, 0) is 36.8 Å². The number of carbonyl (C=O) groups excluding carboxylic acids is 1. The van der Waals surface area contributed by atoms with Crippen LogP contribution in [0.4, 0.5) is 0 Å². The normalized spacial score (nSPS) is 9.50. The fourth-order valence-corrected chi connectivity index (χ4v) is 1.87.